The molecule has 0 aliphatic heterocycles. The SMILES string of the molecule is N#CC1(c2cccc(C(=O)Nc3cc(Oc4ccc5nc(NC(=O)C6CC6)sc5n4)ccc3Cl)c2Cl)CC1. The van der Waals surface area contributed by atoms with Crippen LogP contribution < -0.4 is 15.4 Å². The number of hydrogen-bond donors (Lipinski definition) is 2. The minimum absolute atomic E-state index is 0.0126. The quantitative estimate of drug-likeness (QED) is 0.251. The number of amides is 2. The molecule has 0 bridgehead atoms. The summed E-state index contributed by atoms with van der Waals surface area (Å²) in [7, 11) is 0. The molecule has 2 saturated carbocycles. The van der Waals surface area contributed by atoms with Crippen molar-refractivity contribution < 1.29 is 14.3 Å². The molecule has 190 valence electrons. The van der Waals surface area contributed by atoms with Crippen LogP contribution in [0.2, 0.25) is 10.0 Å². The average Bonchev–Trinajstić information content (AvgIpc) is 3.83. The van der Waals surface area contributed by atoms with Gasteiger partial charge in [0.2, 0.25) is 11.8 Å². The van der Waals surface area contributed by atoms with E-state index in [-0.39, 0.29) is 22.4 Å². The third kappa shape index (κ3) is 4.78. The highest BCUT2D eigenvalue weighted by atomic mass is 35.5. The van der Waals surface area contributed by atoms with Crippen LogP contribution in [-0.2, 0) is 10.2 Å². The number of halogens is 2. The van der Waals surface area contributed by atoms with Gasteiger partial charge in [-0.2, -0.15) is 5.26 Å². The molecule has 11 heteroatoms. The van der Waals surface area contributed by atoms with Gasteiger partial charge in [-0.1, -0.05) is 46.7 Å². The van der Waals surface area contributed by atoms with Crippen molar-refractivity contribution in [1.29, 1.82) is 5.26 Å². The van der Waals surface area contributed by atoms with E-state index >= 15 is 0 Å². The van der Waals surface area contributed by atoms with Gasteiger partial charge in [-0.3, -0.25) is 9.59 Å². The largest absolute Gasteiger partial charge is 0.439 e. The summed E-state index contributed by atoms with van der Waals surface area (Å²) in [6.07, 6.45) is 3.27. The number of ether oxygens (including phenoxy) is 1. The van der Waals surface area contributed by atoms with Gasteiger partial charge in [0.15, 0.2) is 5.13 Å². The lowest BCUT2D eigenvalue weighted by Crippen LogP contribution is -2.15. The predicted molar refractivity (Wildman–Crippen MR) is 146 cm³/mol. The number of rotatable bonds is 7. The number of nitrogens with zero attached hydrogens (tertiary/aromatic N) is 3. The van der Waals surface area contributed by atoms with Gasteiger partial charge >= 0.3 is 0 Å². The molecule has 2 aliphatic carbocycles. The second kappa shape index (κ2) is 9.55. The fraction of sp³-hybridized carbons (Fsp3) is 0.222. The van der Waals surface area contributed by atoms with E-state index in [0.29, 0.717) is 43.4 Å². The number of nitrogens with one attached hydrogen (secondary N) is 2. The monoisotopic (exact) mass is 563 g/mol. The molecule has 38 heavy (non-hydrogen) atoms. The Labute approximate surface area is 231 Å². The van der Waals surface area contributed by atoms with Crippen LogP contribution in [0, 0.1) is 17.2 Å². The van der Waals surface area contributed by atoms with E-state index in [9.17, 15) is 14.9 Å². The van der Waals surface area contributed by atoms with Crippen LogP contribution >= 0.6 is 34.5 Å². The zero-order valence-electron chi connectivity index (χ0n) is 19.8. The maximum atomic E-state index is 13.1. The molecule has 2 N–H and O–H groups in total. The molecule has 2 aromatic carbocycles. The van der Waals surface area contributed by atoms with Gasteiger partial charge in [0.05, 0.1) is 32.8 Å². The van der Waals surface area contributed by atoms with Gasteiger partial charge in [0.25, 0.3) is 5.91 Å². The predicted octanol–water partition coefficient (Wildman–Crippen LogP) is 6.95. The van der Waals surface area contributed by atoms with E-state index in [4.69, 9.17) is 27.9 Å². The van der Waals surface area contributed by atoms with Crippen molar-refractivity contribution >= 4 is 67.5 Å². The Bertz CT molecular complexity index is 1660. The summed E-state index contributed by atoms with van der Waals surface area (Å²) < 4.78 is 5.93. The smallest absolute Gasteiger partial charge is 0.257 e. The van der Waals surface area contributed by atoms with Crippen molar-refractivity contribution in [2.24, 2.45) is 5.92 Å². The van der Waals surface area contributed by atoms with Crippen molar-refractivity contribution in [3.8, 4) is 17.7 Å². The highest BCUT2D eigenvalue weighted by Crippen LogP contribution is 2.50. The minimum atomic E-state index is -0.617. The van der Waals surface area contributed by atoms with E-state index in [1.165, 1.54) is 11.3 Å². The normalized spacial score (nSPS) is 15.5. The van der Waals surface area contributed by atoms with Gasteiger partial charge in [0.1, 0.15) is 16.1 Å². The third-order valence-corrected chi connectivity index (χ3v) is 8.16. The number of fused-ring (bicyclic) bond motifs is 1. The number of nitriles is 1. The van der Waals surface area contributed by atoms with Crippen LogP contribution in [0.25, 0.3) is 10.3 Å². The molecule has 0 unspecified atom stereocenters. The molecule has 2 fully saturated rings. The Hall–Kier alpha value is -3.71. The molecular weight excluding hydrogens is 545 g/mol. The van der Waals surface area contributed by atoms with Crippen LogP contribution in [0.5, 0.6) is 11.6 Å². The molecule has 0 spiro atoms. The van der Waals surface area contributed by atoms with E-state index in [1.807, 2.05) is 0 Å². The number of pyridine rings is 1. The maximum absolute atomic E-state index is 13.1. The zero-order valence-corrected chi connectivity index (χ0v) is 22.1. The Morgan fingerprint density at radius 2 is 1.89 bits per heavy atom. The minimum Gasteiger partial charge on any atom is -0.439 e. The summed E-state index contributed by atoms with van der Waals surface area (Å²) in [5.74, 6) is 0.351. The van der Waals surface area contributed by atoms with Crippen LogP contribution in [0.1, 0.15) is 41.6 Å². The number of hydrogen-bond acceptors (Lipinski definition) is 7. The van der Waals surface area contributed by atoms with Crippen molar-refractivity contribution in [1.82, 2.24) is 9.97 Å². The molecule has 2 aliphatic rings. The number of aromatic nitrogens is 2. The fourth-order valence-corrected chi connectivity index (χ4v) is 5.47. The van der Waals surface area contributed by atoms with Crippen molar-refractivity contribution in [3.05, 3.63) is 69.7 Å². The van der Waals surface area contributed by atoms with Crippen LogP contribution in [0.15, 0.2) is 48.5 Å². The molecule has 2 heterocycles. The number of carbonyl (C=O) groups is 2. The zero-order chi connectivity index (χ0) is 26.4. The summed E-state index contributed by atoms with van der Waals surface area (Å²) in [5, 5.41) is 16.2. The van der Waals surface area contributed by atoms with Crippen LogP contribution in [-0.4, -0.2) is 21.8 Å². The summed E-state index contributed by atoms with van der Waals surface area (Å²) in [5.41, 5.74) is 1.29. The molecule has 4 aromatic rings. The number of carbonyl (C=O) groups excluding carboxylic acids is 2. The third-order valence-electron chi connectivity index (χ3n) is 6.54. The average molecular weight is 564 g/mol. The number of benzene rings is 2. The molecule has 2 amide bonds. The summed E-state index contributed by atoms with van der Waals surface area (Å²) in [4.78, 5) is 34.7. The van der Waals surface area contributed by atoms with Gasteiger partial charge in [0, 0.05) is 18.1 Å². The first-order valence-corrected chi connectivity index (χ1v) is 13.5. The second-order valence-corrected chi connectivity index (χ2v) is 11.1. The molecule has 0 saturated heterocycles. The first-order valence-electron chi connectivity index (χ1n) is 11.9. The second-order valence-electron chi connectivity index (χ2n) is 9.32. The summed E-state index contributed by atoms with van der Waals surface area (Å²) in [6.45, 7) is 0. The highest BCUT2D eigenvalue weighted by Gasteiger charge is 2.46. The first kappa shape index (κ1) is 24.6. The number of thiazole rings is 1. The lowest BCUT2D eigenvalue weighted by atomic mass is 9.95. The summed E-state index contributed by atoms with van der Waals surface area (Å²) >= 11 is 14.2. The Kier molecular flexibility index (Phi) is 6.19. The highest BCUT2D eigenvalue weighted by molar-refractivity contribution is 7.21. The molecule has 8 nitrogen and oxygen atoms in total. The van der Waals surface area contributed by atoms with Crippen LogP contribution in [0.3, 0.4) is 0 Å². The van der Waals surface area contributed by atoms with Gasteiger partial charge < -0.3 is 15.4 Å². The van der Waals surface area contributed by atoms with Crippen molar-refractivity contribution in [2.75, 3.05) is 10.6 Å². The van der Waals surface area contributed by atoms with E-state index < -0.39 is 11.3 Å². The lowest BCUT2D eigenvalue weighted by Gasteiger charge is -2.14. The van der Waals surface area contributed by atoms with Crippen molar-refractivity contribution in [3.63, 3.8) is 0 Å². The Morgan fingerprint density at radius 1 is 1.08 bits per heavy atom. The topological polar surface area (TPSA) is 117 Å². The maximum Gasteiger partial charge on any atom is 0.257 e. The molecule has 0 atom stereocenters. The first-order chi connectivity index (χ1) is 18.3. The Morgan fingerprint density at radius 3 is 2.63 bits per heavy atom. The van der Waals surface area contributed by atoms with E-state index in [0.717, 1.165) is 25.7 Å². The standard InChI is InChI=1S/C27H19Cl2N5O3S/c28-18-7-6-15(37-21-9-8-19-25(33-21)38-26(32-19)34-23(35)14-4-5-14)12-20(18)31-24(36)16-2-1-3-17(22(16)29)27(13-30)10-11-27/h1-3,6-9,12,14H,4-5,10-11H2,(H,31,36)(H,32,34,35). The Balaban J connectivity index is 1.19. The van der Waals surface area contributed by atoms with Crippen molar-refractivity contribution in [2.45, 2.75) is 31.1 Å². The molecule has 6 rings (SSSR count). The van der Waals surface area contributed by atoms with Gasteiger partial charge in [-0.05, 0) is 55.5 Å². The lowest BCUT2D eigenvalue weighted by molar-refractivity contribution is -0.117. The number of anilines is 2. The molecule has 2 aromatic heterocycles. The van der Waals surface area contributed by atoms with E-state index in [2.05, 4.69) is 26.7 Å². The van der Waals surface area contributed by atoms with Gasteiger partial charge in [-0.25, -0.2) is 9.97 Å². The summed E-state index contributed by atoms with van der Waals surface area (Å²) in [6, 6.07) is 15.7. The van der Waals surface area contributed by atoms with E-state index in [1.54, 1.807) is 48.5 Å². The van der Waals surface area contributed by atoms with Crippen LogP contribution in [0.4, 0.5) is 10.8 Å². The fourth-order valence-electron chi connectivity index (χ4n) is 4.08. The molecule has 0 radical (unpaired) electrons. The van der Waals surface area contributed by atoms with Gasteiger partial charge in [-0.15, -0.1) is 0 Å². The molecular formula is C27H19Cl2N5O3S.